The maximum Gasteiger partial charge on any atom is 0.261 e. The summed E-state index contributed by atoms with van der Waals surface area (Å²) in [4.78, 5) is 25.0. The zero-order chi connectivity index (χ0) is 20.4. The third-order valence-corrected chi connectivity index (χ3v) is 5.36. The Kier molecular flexibility index (Phi) is 6.92. The van der Waals surface area contributed by atoms with Gasteiger partial charge in [-0.15, -0.1) is 11.3 Å². The van der Waals surface area contributed by atoms with E-state index in [9.17, 15) is 14.7 Å². The average Bonchev–Trinajstić information content (AvgIpc) is 2.91. The average molecular weight is 429 g/mol. The molecule has 0 radical (unpaired) electrons. The van der Waals surface area contributed by atoms with Crippen molar-refractivity contribution in [1.29, 1.82) is 0 Å². The Balaban J connectivity index is 2.02. The van der Waals surface area contributed by atoms with E-state index >= 15 is 0 Å². The van der Waals surface area contributed by atoms with E-state index in [0.717, 1.165) is 5.56 Å². The summed E-state index contributed by atoms with van der Waals surface area (Å²) in [5.41, 5.74) is 0.749. The highest BCUT2D eigenvalue weighted by molar-refractivity contribution is 7.18. The number of anilines is 1. The van der Waals surface area contributed by atoms with E-state index in [0.29, 0.717) is 25.5 Å². The number of rotatable bonds is 5. The van der Waals surface area contributed by atoms with E-state index in [4.69, 9.17) is 23.2 Å². The maximum absolute atomic E-state index is 12.5. The molecule has 1 atom stereocenters. The summed E-state index contributed by atoms with van der Waals surface area (Å²) in [5.74, 6) is -0.440. The Labute approximate surface area is 172 Å². The third kappa shape index (κ3) is 5.94. The van der Waals surface area contributed by atoms with Crippen LogP contribution in [0.3, 0.4) is 0 Å². The van der Waals surface area contributed by atoms with Crippen LogP contribution in [0.15, 0.2) is 24.3 Å². The molecule has 1 unspecified atom stereocenters. The van der Waals surface area contributed by atoms with Gasteiger partial charge in [0.2, 0.25) is 5.91 Å². The predicted octanol–water partition coefficient (Wildman–Crippen LogP) is 4.81. The molecule has 1 heterocycles. The number of benzene rings is 1. The third-order valence-electron chi connectivity index (χ3n) is 3.77. The maximum atomic E-state index is 12.5. The van der Waals surface area contributed by atoms with Gasteiger partial charge in [-0.3, -0.25) is 9.59 Å². The van der Waals surface area contributed by atoms with Gasteiger partial charge in [-0.05, 0) is 42.3 Å². The number of aryl methyl sites for hydroxylation is 1. The molecule has 0 saturated heterocycles. The molecule has 1 aromatic carbocycles. The van der Waals surface area contributed by atoms with E-state index in [1.54, 1.807) is 31.2 Å². The van der Waals surface area contributed by atoms with Gasteiger partial charge in [-0.2, -0.15) is 0 Å². The second-order valence-corrected chi connectivity index (χ2v) is 9.18. The molecule has 0 saturated carbocycles. The zero-order valence-electron chi connectivity index (χ0n) is 15.5. The number of halogens is 2. The van der Waals surface area contributed by atoms with Gasteiger partial charge in [0.25, 0.3) is 5.91 Å². The number of carbonyl (C=O) groups excluding carboxylic acids is 2. The largest absolute Gasteiger partial charge is 0.387 e. The monoisotopic (exact) mass is 428 g/mol. The first kappa shape index (κ1) is 21.7. The van der Waals surface area contributed by atoms with Crippen LogP contribution in [0, 0.1) is 12.3 Å². The highest BCUT2D eigenvalue weighted by Crippen LogP contribution is 2.29. The van der Waals surface area contributed by atoms with Crippen molar-refractivity contribution in [2.45, 2.75) is 33.8 Å². The first-order valence-electron chi connectivity index (χ1n) is 8.31. The van der Waals surface area contributed by atoms with Crippen molar-refractivity contribution in [2.24, 2.45) is 5.41 Å². The lowest BCUT2D eigenvalue weighted by Gasteiger charge is -2.16. The second kappa shape index (κ2) is 8.61. The summed E-state index contributed by atoms with van der Waals surface area (Å²) in [6.45, 7) is 7.27. The van der Waals surface area contributed by atoms with Crippen LogP contribution in [-0.4, -0.2) is 23.5 Å². The predicted molar refractivity (Wildman–Crippen MR) is 111 cm³/mol. The molecule has 0 aliphatic heterocycles. The number of aliphatic hydroxyl groups excluding tert-OH is 1. The quantitative estimate of drug-likeness (QED) is 0.638. The molecule has 0 aliphatic carbocycles. The summed E-state index contributed by atoms with van der Waals surface area (Å²) in [7, 11) is 0. The van der Waals surface area contributed by atoms with Crippen molar-refractivity contribution in [2.75, 3.05) is 11.9 Å². The molecule has 0 spiro atoms. The minimum Gasteiger partial charge on any atom is -0.387 e. The van der Waals surface area contributed by atoms with Gasteiger partial charge in [0.15, 0.2) is 0 Å². The Bertz CT molecular complexity index is 839. The summed E-state index contributed by atoms with van der Waals surface area (Å²) in [5, 5.41) is 17.2. The van der Waals surface area contributed by atoms with E-state index in [1.165, 1.54) is 11.3 Å². The molecule has 0 aliphatic rings. The smallest absolute Gasteiger partial charge is 0.261 e. The molecule has 2 amide bonds. The van der Waals surface area contributed by atoms with E-state index < -0.39 is 11.5 Å². The minimum absolute atomic E-state index is 0.0104. The van der Waals surface area contributed by atoms with Crippen LogP contribution in [0.1, 0.15) is 47.7 Å². The Hall–Kier alpha value is -1.60. The number of thiophene rings is 1. The SMILES string of the molecule is Cc1cc(NC(=O)C(C)(C)C)sc1C(=O)NCC(O)c1cc(Cl)cc(Cl)c1. The lowest BCUT2D eigenvalue weighted by molar-refractivity contribution is -0.123. The molecular weight excluding hydrogens is 407 g/mol. The highest BCUT2D eigenvalue weighted by Gasteiger charge is 2.23. The van der Waals surface area contributed by atoms with Crippen molar-refractivity contribution in [3.05, 3.63) is 50.3 Å². The van der Waals surface area contributed by atoms with E-state index in [2.05, 4.69) is 10.6 Å². The van der Waals surface area contributed by atoms with Crippen molar-refractivity contribution in [3.8, 4) is 0 Å². The molecule has 1 aromatic heterocycles. The molecule has 146 valence electrons. The molecule has 8 heteroatoms. The Morgan fingerprint density at radius 3 is 2.30 bits per heavy atom. The topological polar surface area (TPSA) is 78.4 Å². The van der Waals surface area contributed by atoms with Gasteiger partial charge >= 0.3 is 0 Å². The summed E-state index contributed by atoms with van der Waals surface area (Å²) in [6, 6.07) is 6.53. The van der Waals surface area contributed by atoms with Crippen molar-refractivity contribution >= 4 is 51.4 Å². The van der Waals surface area contributed by atoms with Gasteiger partial charge in [-0.1, -0.05) is 44.0 Å². The van der Waals surface area contributed by atoms with Crippen LogP contribution in [0.2, 0.25) is 10.0 Å². The molecule has 27 heavy (non-hydrogen) atoms. The standard InChI is InChI=1S/C19H22Cl2N2O3S/c1-10-5-15(23-18(26)19(2,3)4)27-16(10)17(25)22-9-14(24)11-6-12(20)8-13(21)7-11/h5-8,14,24H,9H2,1-4H3,(H,22,25)(H,23,26). The lowest BCUT2D eigenvalue weighted by Crippen LogP contribution is -2.28. The van der Waals surface area contributed by atoms with E-state index in [-0.39, 0.29) is 18.4 Å². The molecule has 0 bridgehead atoms. The first-order chi connectivity index (χ1) is 12.5. The van der Waals surface area contributed by atoms with Crippen molar-refractivity contribution in [3.63, 3.8) is 0 Å². The van der Waals surface area contributed by atoms with Crippen molar-refractivity contribution in [1.82, 2.24) is 5.32 Å². The first-order valence-corrected chi connectivity index (χ1v) is 9.88. The van der Waals surface area contributed by atoms with Crippen LogP contribution in [-0.2, 0) is 4.79 Å². The Morgan fingerprint density at radius 2 is 1.74 bits per heavy atom. The molecule has 0 fully saturated rings. The normalized spacial score (nSPS) is 12.6. The summed E-state index contributed by atoms with van der Waals surface area (Å²) >= 11 is 13.1. The molecule has 2 aromatic rings. The molecule has 5 nitrogen and oxygen atoms in total. The number of hydrogen-bond acceptors (Lipinski definition) is 4. The van der Waals surface area contributed by atoms with Gasteiger partial charge in [0, 0.05) is 22.0 Å². The highest BCUT2D eigenvalue weighted by atomic mass is 35.5. The van der Waals surface area contributed by atoms with Gasteiger partial charge in [0.1, 0.15) is 0 Å². The number of aliphatic hydroxyl groups is 1. The molecular formula is C19H22Cl2N2O3S. The second-order valence-electron chi connectivity index (χ2n) is 7.26. The van der Waals surface area contributed by atoms with Crippen LogP contribution < -0.4 is 10.6 Å². The van der Waals surface area contributed by atoms with Gasteiger partial charge < -0.3 is 15.7 Å². The lowest BCUT2D eigenvalue weighted by atomic mass is 9.96. The van der Waals surface area contributed by atoms with Gasteiger partial charge in [0.05, 0.1) is 16.0 Å². The number of amides is 2. The van der Waals surface area contributed by atoms with Crippen molar-refractivity contribution < 1.29 is 14.7 Å². The minimum atomic E-state index is -0.939. The summed E-state index contributed by atoms with van der Waals surface area (Å²) in [6.07, 6.45) is -0.939. The van der Waals surface area contributed by atoms with E-state index in [1.807, 2.05) is 20.8 Å². The number of hydrogen-bond donors (Lipinski definition) is 3. The fraction of sp³-hybridized carbons (Fsp3) is 0.368. The van der Waals surface area contributed by atoms with Crippen LogP contribution >= 0.6 is 34.5 Å². The fourth-order valence-electron chi connectivity index (χ4n) is 2.22. The number of nitrogens with one attached hydrogen (secondary N) is 2. The zero-order valence-corrected chi connectivity index (χ0v) is 17.9. The number of carbonyl (C=O) groups is 2. The summed E-state index contributed by atoms with van der Waals surface area (Å²) < 4.78 is 0. The molecule has 3 N–H and O–H groups in total. The van der Waals surface area contributed by atoms with Crippen LogP contribution in [0.5, 0.6) is 0 Å². The Morgan fingerprint density at radius 1 is 1.15 bits per heavy atom. The fourth-order valence-corrected chi connectivity index (χ4v) is 3.75. The van der Waals surface area contributed by atoms with Crippen LogP contribution in [0.4, 0.5) is 5.00 Å². The van der Waals surface area contributed by atoms with Crippen LogP contribution in [0.25, 0.3) is 0 Å². The van der Waals surface area contributed by atoms with Gasteiger partial charge in [-0.25, -0.2) is 0 Å². The molecule has 2 rings (SSSR count).